The minimum absolute atomic E-state index is 0.133. The van der Waals surface area contributed by atoms with Crippen molar-refractivity contribution < 1.29 is 19.5 Å². The zero-order chi connectivity index (χ0) is 12.6. The van der Waals surface area contributed by atoms with Crippen LogP contribution < -0.4 is 5.11 Å². The molecule has 0 N–H and O–H groups in total. The van der Waals surface area contributed by atoms with E-state index in [1.54, 1.807) is 19.1 Å². The zero-order valence-corrected chi connectivity index (χ0v) is 9.17. The summed E-state index contributed by atoms with van der Waals surface area (Å²) >= 11 is 0. The molecular formula is C12H10NO4-. The van der Waals surface area contributed by atoms with Gasteiger partial charge in [-0.2, -0.15) is 0 Å². The molecule has 0 aliphatic carbocycles. The van der Waals surface area contributed by atoms with E-state index < -0.39 is 23.8 Å². The number of fused-ring (bicyclic) bond motifs is 1. The third kappa shape index (κ3) is 1.60. The molecule has 1 aromatic carbocycles. The van der Waals surface area contributed by atoms with Gasteiger partial charge in [0.1, 0.15) is 0 Å². The first kappa shape index (κ1) is 11.3. The lowest BCUT2D eigenvalue weighted by molar-refractivity contribution is -0.310. The smallest absolute Gasteiger partial charge is 0.262 e. The Labute approximate surface area is 97.7 Å². The van der Waals surface area contributed by atoms with Gasteiger partial charge in [0, 0.05) is 0 Å². The molecule has 0 fully saturated rings. The molecule has 5 nitrogen and oxygen atoms in total. The lowest BCUT2D eigenvalue weighted by Gasteiger charge is -2.25. The first-order valence-electron chi connectivity index (χ1n) is 5.25. The van der Waals surface area contributed by atoms with Gasteiger partial charge in [-0.1, -0.05) is 19.1 Å². The Bertz CT molecular complexity index is 474. The number of hydrogen-bond donors (Lipinski definition) is 0. The monoisotopic (exact) mass is 232 g/mol. The third-order valence-electron chi connectivity index (χ3n) is 2.80. The maximum Gasteiger partial charge on any atom is 0.262 e. The molecule has 1 heterocycles. The highest BCUT2D eigenvalue weighted by molar-refractivity contribution is 6.22. The van der Waals surface area contributed by atoms with Gasteiger partial charge < -0.3 is 9.90 Å². The van der Waals surface area contributed by atoms with Crippen LogP contribution in [-0.4, -0.2) is 28.7 Å². The fourth-order valence-electron chi connectivity index (χ4n) is 1.95. The van der Waals surface area contributed by atoms with Crippen LogP contribution in [0.4, 0.5) is 0 Å². The highest BCUT2D eigenvalue weighted by Crippen LogP contribution is 2.25. The van der Waals surface area contributed by atoms with Crippen LogP contribution in [0.15, 0.2) is 24.3 Å². The van der Waals surface area contributed by atoms with Crippen molar-refractivity contribution in [3.05, 3.63) is 35.4 Å². The first-order chi connectivity index (χ1) is 8.07. The molecule has 0 radical (unpaired) electrons. The number of rotatable bonds is 3. The van der Waals surface area contributed by atoms with Crippen molar-refractivity contribution in [1.29, 1.82) is 0 Å². The molecule has 0 aromatic heterocycles. The van der Waals surface area contributed by atoms with Crippen LogP contribution in [-0.2, 0) is 4.79 Å². The van der Waals surface area contributed by atoms with Crippen LogP contribution in [0.1, 0.15) is 34.1 Å². The molecule has 5 heteroatoms. The number of imide groups is 1. The molecule has 1 aliphatic heterocycles. The lowest BCUT2D eigenvalue weighted by atomic mass is 10.1. The summed E-state index contributed by atoms with van der Waals surface area (Å²) in [6, 6.07) is 5.08. The second-order valence-corrected chi connectivity index (χ2v) is 3.77. The number of nitrogens with zero attached hydrogens (tertiary/aromatic N) is 1. The summed E-state index contributed by atoms with van der Waals surface area (Å²) in [6.45, 7) is 1.59. The van der Waals surface area contributed by atoms with E-state index >= 15 is 0 Å². The van der Waals surface area contributed by atoms with Gasteiger partial charge in [-0.15, -0.1) is 0 Å². The van der Waals surface area contributed by atoms with Crippen molar-refractivity contribution in [2.45, 2.75) is 19.4 Å². The Morgan fingerprint density at radius 2 is 1.71 bits per heavy atom. The highest BCUT2D eigenvalue weighted by Gasteiger charge is 2.39. The molecular weight excluding hydrogens is 222 g/mol. The summed E-state index contributed by atoms with van der Waals surface area (Å²) in [5.41, 5.74) is 0.495. The SMILES string of the molecule is CCC(C(=O)[O-])N1C(=O)c2ccccc2C1=O. The summed E-state index contributed by atoms with van der Waals surface area (Å²) in [4.78, 5) is 35.5. The third-order valence-corrected chi connectivity index (χ3v) is 2.80. The normalized spacial score (nSPS) is 15.9. The number of benzene rings is 1. The quantitative estimate of drug-likeness (QED) is 0.677. The van der Waals surface area contributed by atoms with E-state index in [2.05, 4.69) is 0 Å². The Hall–Kier alpha value is -2.17. The Kier molecular flexibility index (Phi) is 2.67. The number of carbonyl (C=O) groups excluding carboxylic acids is 3. The molecule has 17 heavy (non-hydrogen) atoms. The van der Waals surface area contributed by atoms with Crippen LogP contribution in [0.3, 0.4) is 0 Å². The molecule has 1 aromatic rings. The average Bonchev–Trinajstić information content (AvgIpc) is 2.56. The van der Waals surface area contributed by atoms with Crippen LogP contribution in [0.25, 0.3) is 0 Å². The Morgan fingerprint density at radius 3 is 2.06 bits per heavy atom. The topological polar surface area (TPSA) is 77.5 Å². The molecule has 0 bridgehead atoms. The van der Waals surface area contributed by atoms with Crippen LogP contribution in [0.5, 0.6) is 0 Å². The average molecular weight is 232 g/mol. The number of carbonyl (C=O) groups is 3. The predicted molar refractivity (Wildman–Crippen MR) is 56.0 cm³/mol. The molecule has 0 saturated carbocycles. The number of hydrogen-bond acceptors (Lipinski definition) is 4. The van der Waals surface area contributed by atoms with Gasteiger partial charge in [-0.05, 0) is 18.6 Å². The van der Waals surface area contributed by atoms with Crippen molar-refractivity contribution >= 4 is 17.8 Å². The van der Waals surface area contributed by atoms with Crippen LogP contribution in [0, 0.1) is 0 Å². The number of amides is 2. The first-order valence-corrected chi connectivity index (χ1v) is 5.25. The Morgan fingerprint density at radius 1 is 1.24 bits per heavy atom. The number of aliphatic carboxylic acids is 1. The maximum atomic E-state index is 11.9. The van der Waals surface area contributed by atoms with Gasteiger partial charge >= 0.3 is 0 Å². The van der Waals surface area contributed by atoms with Crippen LogP contribution in [0.2, 0.25) is 0 Å². The lowest BCUT2D eigenvalue weighted by Crippen LogP contribution is -2.50. The summed E-state index contributed by atoms with van der Waals surface area (Å²) in [7, 11) is 0. The van der Waals surface area contributed by atoms with E-state index in [4.69, 9.17) is 0 Å². The van der Waals surface area contributed by atoms with Gasteiger partial charge in [0.25, 0.3) is 11.8 Å². The van der Waals surface area contributed by atoms with E-state index in [1.807, 2.05) is 0 Å². The summed E-state index contributed by atoms with van der Waals surface area (Å²) < 4.78 is 0. The van der Waals surface area contributed by atoms with Crippen molar-refractivity contribution in [1.82, 2.24) is 4.90 Å². The summed E-state index contributed by atoms with van der Waals surface area (Å²) in [5.74, 6) is -2.55. The van der Waals surface area contributed by atoms with Gasteiger partial charge in [0.15, 0.2) is 0 Å². The molecule has 0 saturated heterocycles. The molecule has 0 spiro atoms. The standard InChI is InChI=1S/C12H11NO4/c1-2-9(12(16)17)13-10(14)7-5-3-4-6-8(7)11(13)15/h3-6,9H,2H2,1H3,(H,16,17)/p-1. The second-order valence-electron chi connectivity index (χ2n) is 3.77. The van der Waals surface area contributed by atoms with E-state index in [0.29, 0.717) is 0 Å². The van der Waals surface area contributed by atoms with Gasteiger partial charge in [-0.3, -0.25) is 14.5 Å². The Balaban J connectivity index is 2.46. The van der Waals surface area contributed by atoms with Crippen molar-refractivity contribution in [2.24, 2.45) is 0 Å². The van der Waals surface area contributed by atoms with Crippen LogP contribution >= 0.6 is 0 Å². The molecule has 2 amide bonds. The van der Waals surface area contributed by atoms with Gasteiger partial charge in [0.05, 0.1) is 23.1 Å². The minimum atomic E-state index is -1.41. The summed E-state index contributed by atoms with van der Waals surface area (Å²) in [6.07, 6.45) is 0.133. The van der Waals surface area contributed by atoms with Crippen molar-refractivity contribution in [3.8, 4) is 0 Å². The fraction of sp³-hybridized carbons (Fsp3) is 0.250. The van der Waals surface area contributed by atoms with E-state index in [9.17, 15) is 19.5 Å². The number of carboxylic acids is 1. The zero-order valence-electron chi connectivity index (χ0n) is 9.17. The minimum Gasteiger partial charge on any atom is -0.548 e. The molecule has 1 aliphatic rings. The molecule has 1 unspecified atom stereocenters. The van der Waals surface area contributed by atoms with E-state index in [1.165, 1.54) is 12.1 Å². The molecule has 1 atom stereocenters. The van der Waals surface area contributed by atoms with Gasteiger partial charge in [0.2, 0.25) is 0 Å². The summed E-state index contributed by atoms with van der Waals surface area (Å²) in [5, 5.41) is 10.9. The van der Waals surface area contributed by atoms with E-state index in [0.717, 1.165) is 4.90 Å². The second kappa shape index (κ2) is 4.01. The molecule has 2 rings (SSSR count). The van der Waals surface area contributed by atoms with Gasteiger partial charge in [-0.25, -0.2) is 0 Å². The largest absolute Gasteiger partial charge is 0.548 e. The number of carboxylic acid groups (broad SMARTS) is 1. The highest BCUT2D eigenvalue weighted by atomic mass is 16.4. The van der Waals surface area contributed by atoms with Crippen molar-refractivity contribution in [3.63, 3.8) is 0 Å². The van der Waals surface area contributed by atoms with E-state index in [-0.39, 0.29) is 17.5 Å². The maximum absolute atomic E-state index is 11.9. The fourth-order valence-corrected chi connectivity index (χ4v) is 1.95. The van der Waals surface area contributed by atoms with Crippen molar-refractivity contribution in [2.75, 3.05) is 0 Å². The predicted octanol–water partition coefficient (Wildman–Crippen LogP) is -0.189. The molecule has 88 valence electrons.